The van der Waals surface area contributed by atoms with Gasteiger partial charge < -0.3 is 20.1 Å². The number of fused-ring (bicyclic) bond motifs is 1. The number of nitrogens with zero attached hydrogens (tertiary/aromatic N) is 5. The molecule has 0 aliphatic carbocycles. The van der Waals surface area contributed by atoms with Crippen LogP contribution in [-0.2, 0) is 0 Å². The van der Waals surface area contributed by atoms with E-state index < -0.39 is 0 Å². The first-order chi connectivity index (χ1) is 15.1. The lowest BCUT2D eigenvalue weighted by molar-refractivity contribution is 0.0951. The smallest absolute Gasteiger partial charge is 0.269 e. The predicted octanol–water partition coefficient (Wildman–Crippen LogP) is 2.70. The first kappa shape index (κ1) is 20.1. The van der Waals surface area contributed by atoms with Crippen molar-refractivity contribution in [1.82, 2.24) is 29.9 Å². The van der Waals surface area contributed by atoms with Gasteiger partial charge in [0.2, 0.25) is 5.95 Å². The monoisotopic (exact) mass is 419 g/mol. The quantitative estimate of drug-likeness (QED) is 0.470. The molecule has 4 rings (SSSR count). The van der Waals surface area contributed by atoms with Crippen molar-refractivity contribution in [1.29, 1.82) is 0 Å². The molecule has 0 aromatic carbocycles. The highest BCUT2D eigenvalue weighted by atomic mass is 16.5. The molecule has 1 amide bonds. The van der Waals surface area contributed by atoms with Crippen LogP contribution >= 0.6 is 0 Å². The van der Waals surface area contributed by atoms with Crippen LogP contribution in [0.3, 0.4) is 0 Å². The molecular weight excluding hydrogens is 398 g/mol. The van der Waals surface area contributed by atoms with Gasteiger partial charge in [-0.1, -0.05) is 6.07 Å². The molecule has 0 radical (unpaired) electrons. The fourth-order valence-electron chi connectivity index (χ4n) is 3.00. The topological polar surface area (TPSA) is 116 Å². The molecule has 10 nitrogen and oxygen atoms in total. The van der Waals surface area contributed by atoms with Crippen LogP contribution in [0.1, 0.15) is 17.4 Å². The molecule has 4 aromatic heterocycles. The van der Waals surface area contributed by atoms with Crippen LogP contribution in [-0.4, -0.2) is 51.2 Å². The zero-order valence-electron chi connectivity index (χ0n) is 17.3. The van der Waals surface area contributed by atoms with Gasteiger partial charge in [0.15, 0.2) is 11.4 Å². The molecule has 0 aliphatic heterocycles. The second-order valence-corrected chi connectivity index (χ2v) is 6.48. The fourth-order valence-corrected chi connectivity index (χ4v) is 3.00. The molecule has 0 bridgehead atoms. The summed E-state index contributed by atoms with van der Waals surface area (Å²) in [7, 11) is 3.11. The predicted molar refractivity (Wildman–Crippen MR) is 115 cm³/mol. The Morgan fingerprint density at radius 2 is 1.97 bits per heavy atom. The largest absolute Gasteiger partial charge is 0.491 e. The summed E-state index contributed by atoms with van der Waals surface area (Å²) in [6.07, 6.45) is 3.51. The Kier molecular flexibility index (Phi) is 5.61. The molecule has 0 aliphatic rings. The molecule has 0 saturated carbocycles. The maximum absolute atomic E-state index is 12.0. The zero-order valence-corrected chi connectivity index (χ0v) is 17.3. The Bertz CT molecular complexity index is 1240. The van der Waals surface area contributed by atoms with Crippen LogP contribution in [0.2, 0.25) is 0 Å². The van der Waals surface area contributed by atoms with Crippen molar-refractivity contribution < 1.29 is 14.3 Å². The summed E-state index contributed by atoms with van der Waals surface area (Å²) in [5.74, 6) is 1.57. The number of nitrogens with one attached hydrogen (secondary N) is 2. The Hall–Kier alpha value is -4.21. The highest BCUT2D eigenvalue weighted by Gasteiger charge is 2.11. The summed E-state index contributed by atoms with van der Waals surface area (Å²) in [5.41, 5.74) is 2.71. The standard InChI is InChI=1S/C21H21N7O3/c1-4-22-19(29)15-6-5-7-17(24-15)25-21-26-18-11-13(8-9-28(18)27-21)14-10-16(30-2)20(31-3)23-12-14/h5-12H,4H2,1-3H3,(H,22,29)(H,24,25,27). The van der Waals surface area contributed by atoms with Gasteiger partial charge in [-0.15, -0.1) is 5.10 Å². The van der Waals surface area contributed by atoms with Crippen LogP contribution in [0.4, 0.5) is 11.8 Å². The third-order valence-corrected chi connectivity index (χ3v) is 4.46. The van der Waals surface area contributed by atoms with E-state index in [4.69, 9.17) is 9.47 Å². The number of hydrogen-bond donors (Lipinski definition) is 2. The normalized spacial score (nSPS) is 10.7. The maximum atomic E-state index is 12.0. The van der Waals surface area contributed by atoms with Crippen molar-refractivity contribution in [3.8, 4) is 22.8 Å². The minimum absolute atomic E-state index is 0.234. The van der Waals surface area contributed by atoms with Gasteiger partial charge in [0, 0.05) is 24.5 Å². The molecule has 4 aromatic rings. The zero-order chi connectivity index (χ0) is 21.8. The first-order valence-electron chi connectivity index (χ1n) is 9.58. The number of carbonyl (C=O) groups is 1. The summed E-state index contributed by atoms with van der Waals surface area (Å²) in [6, 6.07) is 10.8. The van der Waals surface area contributed by atoms with Crippen molar-refractivity contribution in [3.05, 3.63) is 54.5 Å². The SMILES string of the molecule is CCNC(=O)c1cccc(Nc2nc3cc(-c4cnc(OC)c(OC)c4)ccn3n2)n1. The van der Waals surface area contributed by atoms with Crippen LogP contribution in [0, 0.1) is 0 Å². The number of amides is 1. The summed E-state index contributed by atoms with van der Waals surface area (Å²) >= 11 is 0. The Morgan fingerprint density at radius 1 is 1.10 bits per heavy atom. The van der Waals surface area contributed by atoms with Gasteiger partial charge in [0.25, 0.3) is 11.8 Å². The van der Waals surface area contributed by atoms with E-state index in [1.807, 2.05) is 25.1 Å². The molecule has 4 heterocycles. The van der Waals surface area contributed by atoms with E-state index in [9.17, 15) is 4.79 Å². The van der Waals surface area contributed by atoms with Crippen LogP contribution in [0.25, 0.3) is 16.8 Å². The van der Waals surface area contributed by atoms with E-state index in [0.29, 0.717) is 41.3 Å². The molecule has 0 saturated heterocycles. The van der Waals surface area contributed by atoms with Crippen molar-refractivity contribution in [3.63, 3.8) is 0 Å². The molecule has 0 fully saturated rings. The van der Waals surface area contributed by atoms with E-state index in [2.05, 4.69) is 30.7 Å². The molecule has 0 spiro atoms. The first-order valence-corrected chi connectivity index (χ1v) is 9.58. The average molecular weight is 419 g/mol. The van der Waals surface area contributed by atoms with Gasteiger partial charge in [-0.3, -0.25) is 4.79 Å². The van der Waals surface area contributed by atoms with E-state index in [1.54, 1.807) is 49.3 Å². The summed E-state index contributed by atoms with van der Waals surface area (Å²) in [4.78, 5) is 25.1. The molecule has 0 atom stereocenters. The number of hydrogen-bond acceptors (Lipinski definition) is 8. The van der Waals surface area contributed by atoms with E-state index in [-0.39, 0.29) is 5.91 Å². The van der Waals surface area contributed by atoms with Crippen molar-refractivity contribution in [2.24, 2.45) is 0 Å². The Labute approximate surface area is 178 Å². The number of carbonyl (C=O) groups excluding carboxylic acids is 1. The number of rotatable bonds is 7. The molecule has 31 heavy (non-hydrogen) atoms. The number of methoxy groups -OCH3 is 2. The fraction of sp³-hybridized carbons (Fsp3) is 0.190. The van der Waals surface area contributed by atoms with Gasteiger partial charge in [0.05, 0.1) is 14.2 Å². The number of ether oxygens (including phenoxy) is 2. The van der Waals surface area contributed by atoms with Crippen LogP contribution < -0.4 is 20.1 Å². The number of pyridine rings is 3. The lowest BCUT2D eigenvalue weighted by atomic mass is 10.1. The van der Waals surface area contributed by atoms with Crippen LogP contribution in [0.15, 0.2) is 48.8 Å². The van der Waals surface area contributed by atoms with Gasteiger partial charge in [-0.05, 0) is 42.8 Å². The Balaban J connectivity index is 1.60. The van der Waals surface area contributed by atoms with Gasteiger partial charge >= 0.3 is 0 Å². The third-order valence-electron chi connectivity index (χ3n) is 4.46. The summed E-state index contributed by atoms with van der Waals surface area (Å²) < 4.78 is 12.2. The van der Waals surface area contributed by atoms with Gasteiger partial charge in [-0.2, -0.15) is 4.98 Å². The molecule has 158 valence electrons. The van der Waals surface area contributed by atoms with Crippen molar-refractivity contribution in [2.75, 3.05) is 26.1 Å². The number of anilines is 2. The summed E-state index contributed by atoms with van der Waals surface area (Å²) in [5, 5.41) is 10.2. The highest BCUT2D eigenvalue weighted by Crippen LogP contribution is 2.30. The lowest BCUT2D eigenvalue weighted by Gasteiger charge is -2.08. The van der Waals surface area contributed by atoms with E-state index >= 15 is 0 Å². The number of aromatic nitrogens is 5. The minimum Gasteiger partial charge on any atom is -0.491 e. The Morgan fingerprint density at radius 3 is 2.74 bits per heavy atom. The minimum atomic E-state index is -0.234. The highest BCUT2D eigenvalue weighted by molar-refractivity contribution is 5.92. The van der Waals surface area contributed by atoms with Crippen molar-refractivity contribution >= 4 is 23.3 Å². The van der Waals surface area contributed by atoms with E-state index in [0.717, 1.165) is 11.1 Å². The third kappa shape index (κ3) is 4.22. The molecule has 0 unspecified atom stereocenters. The second-order valence-electron chi connectivity index (χ2n) is 6.48. The maximum Gasteiger partial charge on any atom is 0.269 e. The van der Waals surface area contributed by atoms with E-state index in [1.165, 1.54) is 0 Å². The average Bonchev–Trinajstić information content (AvgIpc) is 3.20. The van der Waals surface area contributed by atoms with Gasteiger partial charge in [0.1, 0.15) is 11.5 Å². The summed E-state index contributed by atoms with van der Waals surface area (Å²) in [6.45, 7) is 2.39. The molecular formula is C21H21N7O3. The molecule has 10 heteroatoms. The molecule has 2 N–H and O–H groups in total. The van der Waals surface area contributed by atoms with Crippen molar-refractivity contribution in [2.45, 2.75) is 6.92 Å². The second kappa shape index (κ2) is 8.66. The lowest BCUT2D eigenvalue weighted by Crippen LogP contribution is -2.23. The van der Waals surface area contributed by atoms with Gasteiger partial charge in [-0.25, -0.2) is 14.5 Å². The van der Waals surface area contributed by atoms with Crippen LogP contribution in [0.5, 0.6) is 11.6 Å².